The van der Waals surface area contributed by atoms with Gasteiger partial charge in [-0.1, -0.05) is 0 Å². The third-order valence-electron chi connectivity index (χ3n) is 3.19. The molecule has 1 saturated heterocycles. The summed E-state index contributed by atoms with van der Waals surface area (Å²) >= 11 is 0. The number of likely N-dealkylation sites (tertiary alicyclic amines) is 1. The van der Waals surface area contributed by atoms with Crippen LogP contribution in [0.4, 0.5) is 13.6 Å². The van der Waals surface area contributed by atoms with Crippen LogP contribution in [0.25, 0.3) is 0 Å². The molecule has 132 valence electrons. The Kier molecular flexibility index (Phi) is 5.20. The molecule has 0 bridgehead atoms. The average Bonchev–Trinajstić information content (AvgIpc) is 2.78. The summed E-state index contributed by atoms with van der Waals surface area (Å²) < 4.78 is 33.3. The lowest BCUT2D eigenvalue weighted by atomic mass is 9.94. The first kappa shape index (κ1) is 19.1. The minimum Gasteiger partial charge on any atom is -0.444 e. The molecule has 0 saturated carbocycles. The van der Waals surface area contributed by atoms with Gasteiger partial charge in [0.2, 0.25) is 5.91 Å². The van der Waals surface area contributed by atoms with Crippen LogP contribution >= 0.6 is 0 Å². The van der Waals surface area contributed by atoms with Crippen LogP contribution < -0.4 is 11.1 Å². The zero-order valence-electron chi connectivity index (χ0n) is 13.2. The number of nitrogens with zero attached hydrogens (tertiary/aromatic N) is 1. The van der Waals surface area contributed by atoms with Crippen molar-refractivity contribution in [2.24, 2.45) is 5.73 Å². The quantitative estimate of drug-likeness (QED) is 0.644. The number of carbonyl (C=O) groups excluding carboxylic acids is 3. The van der Waals surface area contributed by atoms with Crippen LogP contribution in [0.3, 0.4) is 0 Å². The Labute approximate surface area is 131 Å². The van der Waals surface area contributed by atoms with E-state index in [9.17, 15) is 28.3 Å². The fourth-order valence-electron chi connectivity index (χ4n) is 2.02. The molecule has 1 rings (SSSR count). The molecule has 8 nitrogen and oxygen atoms in total. The highest BCUT2D eigenvalue weighted by Gasteiger charge is 2.61. The van der Waals surface area contributed by atoms with Crippen LogP contribution in [0.1, 0.15) is 27.2 Å². The van der Waals surface area contributed by atoms with Crippen molar-refractivity contribution in [3.63, 3.8) is 0 Å². The highest BCUT2D eigenvalue weighted by molar-refractivity contribution is 5.89. The van der Waals surface area contributed by atoms with Gasteiger partial charge in [-0.25, -0.2) is 4.79 Å². The molecule has 10 heteroatoms. The van der Waals surface area contributed by atoms with Crippen molar-refractivity contribution in [1.29, 1.82) is 0 Å². The van der Waals surface area contributed by atoms with Crippen molar-refractivity contribution in [2.45, 2.75) is 44.3 Å². The standard InChI is InChI=1S/C13H21F2N3O5/c1-11(2,3)23-10(21)18-5-4-12(22,7-18)13(14,15)9(20)17-6-8(16)19/h22H,4-7H2,1-3H3,(H2,16,19)(H,17,20). The summed E-state index contributed by atoms with van der Waals surface area (Å²) in [5, 5.41) is 11.7. The van der Waals surface area contributed by atoms with Gasteiger partial charge in [0.25, 0.3) is 5.91 Å². The minimum atomic E-state index is -4.20. The van der Waals surface area contributed by atoms with Gasteiger partial charge in [0.05, 0.1) is 13.1 Å². The first-order valence-corrected chi connectivity index (χ1v) is 6.93. The van der Waals surface area contributed by atoms with Crippen LogP contribution in [-0.2, 0) is 14.3 Å². The van der Waals surface area contributed by atoms with E-state index < -0.39 is 54.5 Å². The van der Waals surface area contributed by atoms with Gasteiger partial charge in [-0.05, 0) is 20.8 Å². The summed E-state index contributed by atoms with van der Waals surface area (Å²) in [5.74, 6) is -7.02. The van der Waals surface area contributed by atoms with Gasteiger partial charge in [-0.15, -0.1) is 0 Å². The number of hydrogen-bond donors (Lipinski definition) is 3. The van der Waals surface area contributed by atoms with E-state index in [-0.39, 0.29) is 6.54 Å². The normalized spacial score (nSPS) is 21.9. The second-order valence-electron chi connectivity index (χ2n) is 6.41. The number of carbonyl (C=O) groups is 3. The highest BCUT2D eigenvalue weighted by atomic mass is 19.3. The Bertz CT molecular complexity index is 506. The zero-order valence-corrected chi connectivity index (χ0v) is 13.2. The Morgan fingerprint density at radius 1 is 1.35 bits per heavy atom. The van der Waals surface area contributed by atoms with Crippen molar-refractivity contribution in [3.8, 4) is 0 Å². The van der Waals surface area contributed by atoms with Crippen LogP contribution in [0.5, 0.6) is 0 Å². The Morgan fingerprint density at radius 2 is 1.91 bits per heavy atom. The van der Waals surface area contributed by atoms with E-state index in [4.69, 9.17) is 10.5 Å². The minimum absolute atomic E-state index is 0.190. The number of β-amino-alcohol motifs (C(OH)–C–C–N with tert-alkyl or cyclic N) is 1. The SMILES string of the molecule is CC(C)(C)OC(=O)N1CCC(O)(C(F)(F)C(=O)NCC(N)=O)C1. The van der Waals surface area contributed by atoms with Crippen molar-refractivity contribution in [1.82, 2.24) is 10.2 Å². The summed E-state index contributed by atoms with van der Waals surface area (Å²) in [6.45, 7) is 3.10. The lowest BCUT2D eigenvalue weighted by Gasteiger charge is -2.31. The molecule has 1 aliphatic rings. The van der Waals surface area contributed by atoms with Gasteiger partial charge in [-0.2, -0.15) is 8.78 Å². The highest BCUT2D eigenvalue weighted by Crippen LogP contribution is 2.37. The summed E-state index contributed by atoms with van der Waals surface area (Å²) in [5.41, 5.74) is 1.20. The first-order chi connectivity index (χ1) is 10.3. The third kappa shape index (κ3) is 4.50. The summed E-state index contributed by atoms with van der Waals surface area (Å²) in [4.78, 5) is 34.8. The molecule has 23 heavy (non-hydrogen) atoms. The molecule has 1 aliphatic heterocycles. The molecular formula is C13H21F2N3O5. The molecule has 3 amide bonds. The van der Waals surface area contributed by atoms with Crippen LogP contribution in [0.15, 0.2) is 0 Å². The van der Waals surface area contributed by atoms with E-state index in [0.717, 1.165) is 4.90 Å². The van der Waals surface area contributed by atoms with Gasteiger partial charge < -0.3 is 25.8 Å². The van der Waals surface area contributed by atoms with Crippen LogP contribution in [-0.4, -0.2) is 64.7 Å². The maximum atomic E-state index is 14.1. The Morgan fingerprint density at radius 3 is 2.39 bits per heavy atom. The Hall–Kier alpha value is -1.97. The first-order valence-electron chi connectivity index (χ1n) is 6.93. The van der Waals surface area contributed by atoms with Crippen LogP contribution in [0, 0.1) is 0 Å². The van der Waals surface area contributed by atoms with E-state index >= 15 is 0 Å². The average molecular weight is 337 g/mol. The van der Waals surface area contributed by atoms with E-state index in [1.807, 2.05) is 0 Å². The second kappa shape index (κ2) is 6.26. The van der Waals surface area contributed by atoms with Gasteiger partial charge in [0.1, 0.15) is 5.60 Å². The number of amides is 3. The number of nitrogens with two attached hydrogens (primary N) is 1. The van der Waals surface area contributed by atoms with Crippen molar-refractivity contribution in [3.05, 3.63) is 0 Å². The second-order valence-corrected chi connectivity index (χ2v) is 6.41. The van der Waals surface area contributed by atoms with Crippen LogP contribution in [0.2, 0.25) is 0 Å². The summed E-state index contributed by atoms with van der Waals surface area (Å²) in [7, 11) is 0. The Balaban J connectivity index is 2.78. The monoisotopic (exact) mass is 337 g/mol. The van der Waals surface area contributed by atoms with Crippen molar-refractivity contribution < 1.29 is 33.0 Å². The smallest absolute Gasteiger partial charge is 0.410 e. The molecule has 4 N–H and O–H groups in total. The molecule has 1 heterocycles. The molecule has 0 aromatic rings. The number of halogens is 2. The number of primary amides is 1. The molecule has 0 spiro atoms. The largest absolute Gasteiger partial charge is 0.444 e. The number of hydrogen-bond acceptors (Lipinski definition) is 5. The van der Waals surface area contributed by atoms with Crippen molar-refractivity contribution in [2.75, 3.05) is 19.6 Å². The van der Waals surface area contributed by atoms with Gasteiger partial charge >= 0.3 is 12.0 Å². The topological polar surface area (TPSA) is 122 Å². The molecule has 1 fully saturated rings. The van der Waals surface area contributed by atoms with E-state index in [0.29, 0.717) is 0 Å². The van der Waals surface area contributed by atoms with Gasteiger partial charge in [0, 0.05) is 13.0 Å². The van der Waals surface area contributed by atoms with E-state index in [2.05, 4.69) is 0 Å². The number of rotatable bonds is 4. The predicted octanol–water partition coefficient (Wildman–Crippen LogP) is -0.405. The number of aliphatic hydroxyl groups is 1. The summed E-state index contributed by atoms with van der Waals surface area (Å²) in [6.07, 6.45) is -1.37. The lowest BCUT2D eigenvalue weighted by Crippen LogP contribution is -2.59. The molecule has 0 radical (unpaired) electrons. The molecule has 1 atom stereocenters. The molecular weight excluding hydrogens is 316 g/mol. The van der Waals surface area contributed by atoms with Gasteiger partial charge in [-0.3, -0.25) is 9.59 Å². The maximum Gasteiger partial charge on any atom is 0.410 e. The van der Waals surface area contributed by atoms with E-state index in [1.54, 1.807) is 26.1 Å². The molecule has 0 aromatic carbocycles. The van der Waals surface area contributed by atoms with Gasteiger partial charge in [0.15, 0.2) is 5.60 Å². The zero-order chi connectivity index (χ0) is 18.1. The molecule has 0 aliphatic carbocycles. The number of nitrogens with one attached hydrogen (secondary N) is 1. The molecule has 0 aromatic heterocycles. The summed E-state index contributed by atoms with van der Waals surface area (Å²) in [6, 6.07) is 0. The van der Waals surface area contributed by atoms with E-state index in [1.165, 1.54) is 0 Å². The fourth-order valence-corrected chi connectivity index (χ4v) is 2.02. The lowest BCUT2D eigenvalue weighted by molar-refractivity contribution is -0.188. The molecule has 1 unspecified atom stereocenters. The maximum absolute atomic E-state index is 14.1. The number of alkyl halides is 2. The third-order valence-corrected chi connectivity index (χ3v) is 3.19. The predicted molar refractivity (Wildman–Crippen MR) is 74.5 cm³/mol. The fraction of sp³-hybridized carbons (Fsp3) is 0.769. The van der Waals surface area contributed by atoms with Crippen molar-refractivity contribution >= 4 is 17.9 Å². The number of ether oxygens (including phenoxy) is 1.